The van der Waals surface area contributed by atoms with Crippen molar-refractivity contribution >= 4 is 5.97 Å². The van der Waals surface area contributed by atoms with Crippen molar-refractivity contribution in [3.8, 4) is 11.5 Å². The van der Waals surface area contributed by atoms with Gasteiger partial charge in [0.05, 0.1) is 6.61 Å². The Morgan fingerprint density at radius 1 is 1.05 bits per heavy atom. The highest BCUT2D eigenvalue weighted by molar-refractivity contribution is 5.92. The molecule has 0 atom stereocenters. The summed E-state index contributed by atoms with van der Waals surface area (Å²) in [6, 6.07) is 14.4. The zero-order chi connectivity index (χ0) is 14.4. The fourth-order valence-electron chi connectivity index (χ4n) is 1.83. The standard InChI is InChI=1S/C16H16O4/c1-2-19-14-10-6-9-13(16(17)18)15(14)20-11-12-7-4-3-5-8-12/h3-10H,2,11H2,1H3,(H,17,18). The van der Waals surface area contributed by atoms with E-state index < -0.39 is 5.97 Å². The van der Waals surface area contributed by atoms with Gasteiger partial charge in [0, 0.05) is 0 Å². The van der Waals surface area contributed by atoms with Crippen LogP contribution in [-0.2, 0) is 6.61 Å². The average molecular weight is 272 g/mol. The number of rotatable bonds is 6. The topological polar surface area (TPSA) is 55.8 Å². The van der Waals surface area contributed by atoms with E-state index in [2.05, 4.69) is 0 Å². The summed E-state index contributed by atoms with van der Waals surface area (Å²) in [6.07, 6.45) is 0. The lowest BCUT2D eigenvalue weighted by Crippen LogP contribution is -2.06. The molecule has 4 nitrogen and oxygen atoms in total. The predicted molar refractivity (Wildman–Crippen MR) is 75.3 cm³/mol. The summed E-state index contributed by atoms with van der Waals surface area (Å²) in [5.41, 5.74) is 1.07. The molecule has 0 spiro atoms. The maximum Gasteiger partial charge on any atom is 0.339 e. The molecular weight excluding hydrogens is 256 g/mol. The van der Waals surface area contributed by atoms with Crippen LogP contribution in [0.1, 0.15) is 22.8 Å². The largest absolute Gasteiger partial charge is 0.490 e. The molecule has 1 N–H and O–H groups in total. The first-order chi connectivity index (χ1) is 9.72. The van der Waals surface area contributed by atoms with Crippen molar-refractivity contribution in [2.75, 3.05) is 6.61 Å². The molecule has 0 amide bonds. The van der Waals surface area contributed by atoms with Gasteiger partial charge in [-0.05, 0) is 24.6 Å². The van der Waals surface area contributed by atoms with Gasteiger partial charge in [0.15, 0.2) is 11.5 Å². The van der Waals surface area contributed by atoms with Crippen LogP contribution in [0.3, 0.4) is 0 Å². The molecule has 0 radical (unpaired) electrons. The fourth-order valence-corrected chi connectivity index (χ4v) is 1.83. The zero-order valence-electron chi connectivity index (χ0n) is 11.2. The quantitative estimate of drug-likeness (QED) is 0.876. The Balaban J connectivity index is 2.26. The van der Waals surface area contributed by atoms with Crippen molar-refractivity contribution in [1.29, 1.82) is 0 Å². The Bertz CT molecular complexity index is 578. The lowest BCUT2D eigenvalue weighted by Gasteiger charge is -2.14. The highest BCUT2D eigenvalue weighted by Crippen LogP contribution is 2.32. The van der Waals surface area contributed by atoms with Gasteiger partial charge < -0.3 is 14.6 Å². The Hall–Kier alpha value is -2.49. The minimum atomic E-state index is -1.03. The highest BCUT2D eigenvalue weighted by Gasteiger charge is 2.16. The third-order valence-corrected chi connectivity index (χ3v) is 2.74. The first kappa shape index (κ1) is 13.9. The normalized spacial score (nSPS) is 10.1. The highest BCUT2D eigenvalue weighted by atomic mass is 16.5. The van der Waals surface area contributed by atoms with E-state index in [0.717, 1.165) is 5.56 Å². The Labute approximate surface area is 117 Å². The number of hydrogen-bond acceptors (Lipinski definition) is 3. The molecule has 0 aliphatic carbocycles. The number of carboxylic acids is 1. The lowest BCUT2D eigenvalue weighted by molar-refractivity contribution is 0.0690. The number of hydrogen-bond donors (Lipinski definition) is 1. The van der Waals surface area contributed by atoms with Crippen LogP contribution in [0.15, 0.2) is 48.5 Å². The summed E-state index contributed by atoms with van der Waals surface area (Å²) in [5.74, 6) is -0.316. The van der Waals surface area contributed by atoms with Crippen LogP contribution in [-0.4, -0.2) is 17.7 Å². The van der Waals surface area contributed by atoms with Gasteiger partial charge in [0.25, 0.3) is 0 Å². The number of carbonyl (C=O) groups is 1. The van der Waals surface area contributed by atoms with Crippen molar-refractivity contribution in [3.05, 3.63) is 59.7 Å². The number of ether oxygens (including phenoxy) is 2. The van der Waals surface area contributed by atoms with Crippen LogP contribution in [0, 0.1) is 0 Å². The van der Waals surface area contributed by atoms with Crippen molar-refractivity contribution in [3.63, 3.8) is 0 Å². The van der Waals surface area contributed by atoms with Gasteiger partial charge in [-0.15, -0.1) is 0 Å². The first-order valence-electron chi connectivity index (χ1n) is 6.38. The van der Waals surface area contributed by atoms with E-state index >= 15 is 0 Å². The van der Waals surface area contributed by atoms with Crippen molar-refractivity contribution < 1.29 is 19.4 Å². The molecule has 0 heterocycles. The molecule has 4 heteroatoms. The lowest BCUT2D eigenvalue weighted by atomic mass is 10.2. The molecule has 2 aromatic rings. The van der Waals surface area contributed by atoms with Gasteiger partial charge in [-0.25, -0.2) is 4.79 Å². The van der Waals surface area contributed by atoms with E-state index in [1.54, 1.807) is 12.1 Å². The first-order valence-corrected chi connectivity index (χ1v) is 6.38. The smallest absolute Gasteiger partial charge is 0.339 e. The second kappa shape index (κ2) is 6.61. The second-order valence-electron chi connectivity index (χ2n) is 4.15. The molecule has 20 heavy (non-hydrogen) atoms. The summed E-state index contributed by atoms with van der Waals surface area (Å²) in [4.78, 5) is 11.3. The third-order valence-electron chi connectivity index (χ3n) is 2.74. The van der Waals surface area contributed by atoms with Gasteiger partial charge >= 0.3 is 5.97 Å². The van der Waals surface area contributed by atoms with E-state index in [9.17, 15) is 9.90 Å². The second-order valence-corrected chi connectivity index (χ2v) is 4.15. The summed E-state index contributed by atoms with van der Waals surface area (Å²) < 4.78 is 11.1. The zero-order valence-corrected chi connectivity index (χ0v) is 11.2. The monoisotopic (exact) mass is 272 g/mol. The van der Waals surface area contributed by atoms with E-state index in [4.69, 9.17) is 9.47 Å². The summed E-state index contributed by atoms with van der Waals surface area (Å²) in [5, 5.41) is 9.22. The van der Waals surface area contributed by atoms with E-state index in [1.807, 2.05) is 37.3 Å². The number of benzene rings is 2. The summed E-state index contributed by atoms with van der Waals surface area (Å²) in [6.45, 7) is 2.59. The fraction of sp³-hybridized carbons (Fsp3) is 0.188. The summed E-state index contributed by atoms with van der Waals surface area (Å²) in [7, 11) is 0. The maximum atomic E-state index is 11.3. The molecule has 2 aromatic carbocycles. The molecule has 0 aliphatic heterocycles. The molecule has 0 fully saturated rings. The Kier molecular flexibility index (Phi) is 4.60. The third kappa shape index (κ3) is 3.29. The van der Waals surface area contributed by atoms with Gasteiger partial charge in [0.1, 0.15) is 12.2 Å². The minimum Gasteiger partial charge on any atom is -0.490 e. The molecule has 0 aromatic heterocycles. The van der Waals surface area contributed by atoms with Gasteiger partial charge in [-0.2, -0.15) is 0 Å². The number of para-hydroxylation sites is 1. The predicted octanol–water partition coefficient (Wildman–Crippen LogP) is 3.36. The molecule has 104 valence electrons. The van der Waals surface area contributed by atoms with Crippen molar-refractivity contribution in [1.82, 2.24) is 0 Å². The van der Waals surface area contributed by atoms with E-state index in [-0.39, 0.29) is 11.3 Å². The number of aromatic carboxylic acids is 1. The number of carboxylic acid groups (broad SMARTS) is 1. The molecule has 0 unspecified atom stereocenters. The SMILES string of the molecule is CCOc1cccc(C(=O)O)c1OCc1ccccc1. The minimum absolute atomic E-state index is 0.104. The molecule has 0 saturated carbocycles. The van der Waals surface area contributed by atoms with Crippen LogP contribution in [0.2, 0.25) is 0 Å². The summed E-state index contributed by atoms with van der Waals surface area (Å²) >= 11 is 0. The molecule has 0 saturated heterocycles. The molecule has 2 rings (SSSR count). The van der Waals surface area contributed by atoms with Gasteiger partial charge in [0.2, 0.25) is 0 Å². The van der Waals surface area contributed by atoms with Crippen LogP contribution >= 0.6 is 0 Å². The Morgan fingerprint density at radius 3 is 2.45 bits per heavy atom. The van der Waals surface area contributed by atoms with Crippen LogP contribution in [0.25, 0.3) is 0 Å². The van der Waals surface area contributed by atoms with Crippen LogP contribution < -0.4 is 9.47 Å². The van der Waals surface area contributed by atoms with Gasteiger partial charge in [-0.3, -0.25) is 0 Å². The van der Waals surface area contributed by atoms with E-state index in [1.165, 1.54) is 6.07 Å². The van der Waals surface area contributed by atoms with Crippen LogP contribution in [0.5, 0.6) is 11.5 Å². The van der Waals surface area contributed by atoms with Crippen molar-refractivity contribution in [2.24, 2.45) is 0 Å². The maximum absolute atomic E-state index is 11.3. The van der Waals surface area contributed by atoms with Crippen molar-refractivity contribution in [2.45, 2.75) is 13.5 Å². The van der Waals surface area contributed by atoms with Gasteiger partial charge in [-0.1, -0.05) is 36.4 Å². The molecule has 0 bridgehead atoms. The molecular formula is C16H16O4. The average Bonchev–Trinajstić information content (AvgIpc) is 2.47. The van der Waals surface area contributed by atoms with Crippen LogP contribution in [0.4, 0.5) is 0 Å². The molecule has 0 aliphatic rings. The van der Waals surface area contributed by atoms with E-state index in [0.29, 0.717) is 19.0 Å². The Morgan fingerprint density at radius 2 is 1.80 bits per heavy atom.